The molecule has 0 unspecified atom stereocenters. The molecule has 35 heavy (non-hydrogen) atoms. The molecule has 2 N–H and O–H groups in total. The lowest BCUT2D eigenvalue weighted by molar-refractivity contribution is -0.110. The zero-order valence-corrected chi connectivity index (χ0v) is 23.8. The number of nitrogens with zero attached hydrogens (tertiary/aromatic N) is 3. The Morgan fingerprint density at radius 2 is 1.54 bits per heavy atom. The SMILES string of the molecule is CC.CCCC.CCCC.CCc1ncc(-c2cccc(Nc3cc(C)ccn3)n2)s1.O=CCO. The Balaban J connectivity index is 0. The molecule has 0 spiro atoms. The highest BCUT2D eigenvalue weighted by Gasteiger charge is 2.06. The fourth-order valence-electron chi connectivity index (χ4n) is 1.97. The van der Waals surface area contributed by atoms with Gasteiger partial charge in [0, 0.05) is 12.4 Å². The molecule has 196 valence electrons. The van der Waals surface area contributed by atoms with Crippen LogP contribution in [0, 0.1) is 6.92 Å². The molecule has 0 saturated heterocycles. The van der Waals surface area contributed by atoms with E-state index in [0.29, 0.717) is 6.29 Å². The third kappa shape index (κ3) is 17.4. The van der Waals surface area contributed by atoms with Crippen LogP contribution in [-0.4, -0.2) is 33.0 Å². The van der Waals surface area contributed by atoms with E-state index < -0.39 is 0 Å². The van der Waals surface area contributed by atoms with E-state index in [0.717, 1.165) is 33.6 Å². The number of aryl methyl sites for hydroxylation is 2. The molecule has 3 heterocycles. The van der Waals surface area contributed by atoms with Crippen molar-refractivity contribution < 1.29 is 9.90 Å². The van der Waals surface area contributed by atoms with Crippen LogP contribution in [0.25, 0.3) is 10.6 Å². The first-order chi connectivity index (χ1) is 17.0. The molecule has 0 saturated carbocycles. The highest BCUT2D eigenvalue weighted by Crippen LogP contribution is 2.26. The van der Waals surface area contributed by atoms with Gasteiger partial charge in [0.25, 0.3) is 0 Å². The van der Waals surface area contributed by atoms with Crippen LogP contribution in [-0.2, 0) is 11.2 Å². The van der Waals surface area contributed by atoms with Gasteiger partial charge in [-0.25, -0.2) is 15.0 Å². The summed E-state index contributed by atoms with van der Waals surface area (Å²) in [4.78, 5) is 23.3. The maximum atomic E-state index is 8.92. The number of anilines is 2. The second-order valence-corrected chi connectivity index (χ2v) is 8.19. The van der Waals surface area contributed by atoms with Crippen LogP contribution >= 0.6 is 11.3 Å². The average molecular weight is 503 g/mol. The van der Waals surface area contributed by atoms with E-state index >= 15 is 0 Å². The summed E-state index contributed by atoms with van der Waals surface area (Å²) in [6.07, 6.45) is 10.3. The second kappa shape index (κ2) is 24.5. The first-order valence-corrected chi connectivity index (χ1v) is 13.5. The van der Waals surface area contributed by atoms with Crippen molar-refractivity contribution >= 4 is 29.3 Å². The summed E-state index contributed by atoms with van der Waals surface area (Å²) in [5, 5.41) is 11.9. The van der Waals surface area contributed by atoms with E-state index in [4.69, 9.17) is 9.90 Å². The number of aromatic nitrogens is 3. The number of thiazole rings is 1. The molecule has 3 aromatic heterocycles. The van der Waals surface area contributed by atoms with Gasteiger partial charge < -0.3 is 15.2 Å². The van der Waals surface area contributed by atoms with Crippen molar-refractivity contribution in [1.82, 2.24) is 15.0 Å². The molecule has 0 fully saturated rings. The summed E-state index contributed by atoms with van der Waals surface area (Å²) in [5.41, 5.74) is 2.10. The van der Waals surface area contributed by atoms with Gasteiger partial charge in [0.15, 0.2) is 0 Å². The predicted octanol–water partition coefficient (Wildman–Crippen LogP) is 8.03. The molecule has 0 radical (unpaired) electrons. The quantitative estimate of drug-likeness (QED) is 0.318. The van der Waals surface area contributed by atoms with Crippen LogP contribution in [0.5, 0.6) is 0 Å². The molecule has 0 aliphatic heterocycles. The van der Waals surface area contributed by atoms with Crippen molar-refractivity contribution in [3.05, 3.63) is 53.3 Å². The average Bonchev–Trinajstić information content (AvgIpc) is 3.40. The van der Waals surface area contributed by atoms with Gasteiger partial charge >= 0.3 is 0 Å². The number of aliphatic hydroxyl groups excluding tert-OH is 1. The van der Waals surface area contributed by atoms with Crippen LogP contribution in [0.1, 0.15) is 84.7 Å². The van der Waals surface area contributed by atoms with Crippen LogP contribution in [0.4, 0.5) is 11.6 Å². The minimum absolute atomic E-state index is 0.361. The lowest BCUT2D eigenvalue weighted by atomic mass is 10.3. The first-order valence-electron chi connectivity index (χ1n) is 12.7. The number of aliphatic hydroxyl groups is 1. The van der Waals surface area contributed by atoms with E-state index in [1.165, 1.54) is 31.2 Å². The summed E-state index contributed by atoms with van der Waals surface area (Å²) < 4.78 is 0. The largest absolute Gasteiger partial charge is 0.389 e. The first kappa shape index (κ1) is 34.5. The molecule has 3 aromatic rings. The Hall–Kier alpha value is -2.64. The maximum Gasteiger partial charge on any atom is 0.145 e. The Morgan fingerprint density at radius 1 is 0.943 bits per heavy atom. The number of nitrogens with one attached hydrogen (secondary N) is 1. The lowest BCUT2D eigenvalue weighted by Gasteiger charge is -2.06. The molecule has 0 aromatic carbocycles. The van der Waals surface area contributed by atoms with Gasteiger partial charge in [0.05, 0.1) is 22.2 Å². The number of unbranched alkanes of at least 4 members (excludes halogenated alkanes) is 2. The number of pyridine rings is 2. The molecular weight excluding hydrogens is 456 g/mol. The Kier molecular flexibility index (Phi) is 24.2. The number of hydrogen-bond acceptors (Lipinski definition) is 7. The van der Waals surface area contributed by atoms with Crippen LogP contribution in [0.2, 0.25) is 0 Å². The van der Waals surface area contributed by atoms with Gasteiger partial charge in [-0.2, -0.15) is 0 Å². The molecule has 0 atom stereocenters. The summed E-state index contributed by atoms with van der Waals surface area (Å²) in [6.45, 7) is 16.5. The monoisotopic (exact) mass is 502 g/mol. The fraction of sp³-hybridized carbons (Fsp3) is 0.500. The van der Waals surface area contributed by atoms with Gasteiger partial charge in [-0.1, -0.05) is 80.2 Å². The normalized spacial score (nSPS) is 8.94. The van der Waals surface area contributed by atoms with E-state index in [2.05, 4.69) is 54.9 Å². The summed E-state index contributed by atoms with van der Waals surface area (Å²) in [6, 6.07) is 9.90. The molecule has 0 bridgehead atoms. The minimum atomic E-state index is -0.361. The smallest absolute Gasteiger partial charge is 0.145 e. The summed E-state index contributed by atoms with van der Waals surface area (Å²) in [7, 11) is 0. The van der Waals surface area contributed by atoms with Crippen molar-refractivity contribution in [1.29, 1.82) is 0 Å². The van der Waals surface area contributed by atoms with E-state index in [1.54, 1.807) is 17.5 Å². The highest BCUT2D eigenvalue weighted by molar-refractivity contribution is 7.15. The Labute approximate surface area is 217 Å². The number of hydrogen-bond donors (Lipinski definition) is 2. The highest BCUT2D eigenvalue weighted by atomic mass is 32.1. The van der Waals surface area contributed by atoms with Gasteiger partial charge in [0.2, 0.25) is 0 Å². The predicted molar refractivity (Wildman–Crippen MR) is 153 cm³/mol. The minimum Gasteiger partial charge on any atom is -0.389 e. The Bertz CT molecular complexity index is 877. The van der Waals surface area contributed by atoms with Gasteiger partial charge in [-0.15, -0.1) is 11.3 Å². The molecule has 7 heteroatoms. The van der Waals surface area contributed by atoms with E-state index in [9.17, 15) is 0 Å². The molecule has 6 nitrogen and oxygen atoms in total. The lowest BCUT2D eigenvalue weighted by Crippen LogP contribution is -1.96. The number of rotatable bonds is 7. The molecule has 0 aliphatic rings. The molecule has 0 amide bonds. The van der Waals surface area contributed by atoms with E-state index in [-0.39, 0.29) is 6.61 Å². The van der Waals surface area contributed by atoms with Crippen LogP contribution < -0.4 is 5.32 Å². The zero-order chi connectivity index (χ0) is 26.9. The second-order valence-electron chi connectivity index (χ2n) is 7.07. The van der Waals surface area contributed by atoms with Gasteiger partial charge in [-0.05, 0) is 43.2 Å². The van der Waals surface area contributed by atoms with Crippen molar-refractivity contribution in [2.75, 3.05) is 11.9 Å². The van der Waals surface area contributed by atoms with Crippen molar-refractivity contribution in [3.63, 3.8) is 0 Å². The number of aldehydes is 1. The molecular formula is C28H46N4O2S. The zero-order valence-electron chi connectivity index (χ0n) is 23.0. The number of carbonyl (C=O) groups is 1. The van der Waals surface area contributed by atoms with Crippen LogP contribution in [0.15, 0.2) is 42.7 Å². The third-order valence-electron chi connectivity index (χ3n) is 4.10. The topological polar surface area (TPSA) is 88.0 Å². The molecule has 3 rings (SSSR count). The number of carbonyl (C=O) groups excluding carboxylic acids is 1. The Morgan fingerprint density at radius 3 is 2.00 bits per heavy atom. The summed E-state index contributed by atoms with van der Waals surface area (Å²) in [5.74, 6) is 1.59. The fourth-order valence-corrected chi connectivity index (χ4v) is 2.80. The standard InChI is InChI=1S/C16H16N4S.2C4H10.C2H4O2.C2H6/c1-3-16-18-10-13(21-16)12-5-4-6-14(19-12)20-15-9-11(2)7-8-17-15;2*1-3-4-2;3-1-2-4;1-2/h4-10H,3H2,1-2H3,(H,17,19,20);2*3-4H2,1-2H3;1,4H,2H2;1-2H3. The van der Waals surface area contributed by atoms with Gasteiger partial charge in [0.1, 0.15) is 17.9 Å². The third-order valence-corrected chi connectivity index (χ3v) is 5.27. The van der Waals surface area contributed by atoms with E-state index in [1.807, 2.05) is 57.3 Å². The van der Waals surface area contributed by atoms with Gasteiger partial charge in [-0.3, -0.25) is 0 Å². The molecule has 0 aliphatic carbocycles. The maximum absolute atomic E-state index is 8.92. The van der Waals surface area contributed by atoms with Crippen LogP contribution in [0.3, 0.4) is 0 Å². The summed E-state index contributed by atoms with van der Waals surface area (Å²) >= 11 is 1.69. The van der Waals surface area contributed by atoms with Crippen molar-refractivity contribution in [3.8, 4) is 10.6 Å². The van der Waals surface area contributed by atoms with Crippen molar-refractivity contribution in [2.24, 2.45) is 0 Å². The van der Waals surface area contributed by atoms with Crippen molar-refractivity contribution in [2.45, 2.75) is 87.5 Å².